The van der Waals surface area contributed by atoms with Crippen LogP contribution in [-0.2, 0) is 0 Å². The van der Waals surface area contributed by atoms with Crippen LogP contribution in [0.1, 0.15) is 24.3 Å². The van der Waals surface area contributed by atoms with E-state index in [1.54, 1.807) is 16.8 Å². The number of hydrogen-bond donors (Lipinski definition) is 1. The summed E-state index contributed by atoms with van der Waals surface area (Å²) < 4.78 is 6.40. The fourth-order valence-corrected chi connectivity index (χ4v) is 1.71. The molecule has 2 N–H and O–H groups in total. The van der Waals surface area contributed by atoms with Crippen LogP contribution >= 0.6 is 0 Å². The van der Waals surface area contributed by atoms with Crippen LogP contribution in [0.4, 0.5) is 4.79 Å². The Labute approximate surface area is 91.0 Å². The first-order valence-electron chi connectivity index (χ1n) is 5.05. The molecule has 0 atom stereocenters. The molecule has 6 heteroatoms. The average Bonchev–Trinajstić information content (AvgIpc) is 2.98. The summed E-state index contributed by atoms with van der Waals surface area (Å²) in [6.07, 6.45) is 5.00. The second kappa shape index (κ2) is 3.19. The zero-order valence-electron chi connectivity index (χ0n) is 8.46. The molecule has 0 aromatic carbocycles. The van der Waals surface area contributed by atoms with Crippen molar-refractivity contribution >= 4 is 11.7 Å². The van der Waals surface area contributed by atoms with E-state index in [4.69, 9.17) is 10.5 Å². The molecule has 0 bridgehead atoms. The summed E-state index contributed by atoms with van der Waals surface area (Å²) in [6, 6.07) is 1.56. The molecule has 2 aromatic heterocycles. The summed E-state index contributed by atoms with van der Waals surface area (Å²) in [5.41, 5.74) is 6.77. The maximum Gasteiger partial charge on any atom is 0.411 e. The number of aromatic nitrogens is 3. The number of carbonyl (C=O) groups excluding carboxylic acids is 1. The molecule has 0 saturated heterocycles. The smallest absolute Gasteiger partial charge is 0.391 e. The minimum Gasteiger partial charge on any atom is -0.391 e. The lowest BCUT2D eigenvalue weighted by Crippen LogP contribution is -2.17. The van der Waals surface area contributed by atoms with Crippen molar-refractivity contribution in [3.8, 4) is 5.88 Å². The number of nitrogens with two attached hydrogens (primary N) is 1. The summed E-state index contributed by atoms with van der Waals surface area (Å²) >= 11 is 0. The SMILES string of the molecule is NC(=O)Oc1ccn2ncc(C3CC3)c2n1. The van der Waals surface area contributed by atoms with Gasteiger partial charge in [-0.1, -0.05) is 0 Å². The molecule has 82 valence electrons. The van der Waals surface area contributed by atoms with E-state index >= 15 is 0 Å². The van der Waals surface area contributed by atoms with E-state index in [9.17, 15) is 4.79 Å². The van der Waals surface area contributed by atoms with Crippen LogP contribution in [0, 0.1) is 0 Å². The number of ether oxygens (including phenoxy) is 1. The molecule has 2 heterocycles. The van der Waals surface area contributed by atoms with E-state index in [-0.39, 0.29) is 5.88 Å². The van der Waals surface area contributed by atoms with Gasteiger partial charge in [0.15, 0.2) is 5.65 Å². The summed E-state index contributed by atoms with van der Waals surface area (Å²) in [5, 5.41) is 4.18. The molecule has 16 heavy (non-hydrogen) atoms. The van der Waals surface area contributed by atoms with Crippen molar-refractivity contribution in [3.05, 3.63) is 24.0 Å². The second-order valence-corrected chi connectivity index (χ2v) is 3.83. The van der Waals surface area contributed by atoms with Crippen LogP contribution in [0.2, 0.25) is 0 Å². The third kappa shape index (κ3) is 1.48. The van der Waals surface area contributed by atoms with Crippen molar-refractivity contribution in [3.63, 3.8) is 0 Å². The van der Waals surface area contributed by atoms with Crippen molar-refractivity contribution in [2.75, 3.05) is 0 Å². The maximum absolute atomic E-state index is 10.6. The minimum absolute atomic E-state index is 0.211. The largest absolute Gasteiger partial charge is 0.411 e. The monoisotopic (exact) mass is 218 g/mol. The van der Waals surface area contributed by atoms with E-state index in [1.165, 1.54) is 12.8 Å². The summed E-state index contributed by atoms with van der Waals surface area (Å²) in [4.78, 5) is 14.8. The fraction of sp³-hybridized carbons (Fsp3) is 0.300. The maximum atomic E-state index is 10.6. The molecule has 0 unspecified atom stereocenters. The molecule has 1 fully saturated rings. The van der Waals surface area contributed by atoms with Crippen LogP contribution in [0.3, 0.4) is 0 Å². The van der Waals surface area contributed by atoms with Gasteiger partial charge in [0.05, 0.1) is 6.20 Å². The molecular weight excluding hydrogens is 208 g/mol. The van der Waals surface area contributed by atoms with Crippen LogP contribution < -0.4 is 10.5 Å². The number of fused-ring (bicyclic) bond motifs is 1. The number of hydrogen-bond acceptors (Lipinski definition) is 4. The molecule has 1 aliphatic carbocycles. The lowest BCUT2D eigenvalue weighted by Gasteiger charge is -2.00. The molecule has 2 aromatic rings. The average molecular weight is 218 g/mol. The highest BCUT2D eigenvalue weighted by atomic mass is 16.6. The molecule has 3 rings (SSSR count). The van der Waals surface area contributed by atoms with Crippen molar-refractivity contribution in [2.45, 2.75) is 18.8 Å². The number of nitrogens with zero attached hydrogens (tertiary/aromatic N) is 3. The first kappa shape index (κ1) is 9.14. The molecule has 6 nitrogen and oxygen atoms in total. The first-order valence-corrected chi connectivity index (χ1v) is 5.05. The van der Waals surface area contributed by atoms with E-state index < -0.39 is 6.09 Å². The van der Waals surface area contributed by atoms with Crippen LogP contribution in [0.5, 0.6) is 5.88 Å². The molecule has 0 radical (unpaired) electrons. The molecule has 1 amide bonds. The van der Waals surface area contributed by atoms with Gasteiger partial charge in [-0.05, 0) is 18.8 Å². The zero-order chi connectivity index (χ0) is 11.1. The van der Waals surface area contributed by atoms with Crippen molar-refractivity contribution in [1.82, 2.24) is 14.6 Å². The molecule has 0 aliphatic heterocycles. The van der Waals surface area contributed by atoms with Gasteiger partial charge in [-0.2, -0.15) is 10.1 Å². The third-order valence-corrected chi connectivity index (χ3v) is 2.59. The quantitative estimate of drug-likeness (QED) is 0.817. The topological polar surface area (TPSA) is 82.5 Å². The van der Waals surface area contributed by atoms with Crippen LogP contribution in [0.25, 0.3) is 5.65 Å². The third-order valence-electron chi connectivity index (χ3n) is 2.59. The Kier molecular flexibility index (Phi) is 1.82. The normalized spacial score (nSPS) is 15.2. The zero-order valence-corrected chi connectivity index (χ0v) is 8.46. The Morgan fingerprint density at radius 1 is 1.56 bits per heavy atom. The molecular formula is C10H10N4O2. The van der Waals surface area contributed by atoms with E-state index in [0.717, 1.165) is 11.2 Å². The Hall–Kier alpha value is -2.11. The number of carbonyl (C=O) groups is 1. The standard InChI is InChI=1S/C10H10N4O2/c11-10(15)16-8-3-4-14-9(13-8)7(5-12-14)6-1-2-6/h3-6H,1-2H2,(H2,11,15). The van der Waals surface area contributed by atoms with Gasteiger partial charge in [0.25, 0.3) is 0 Å². The van der Waals surface area contributed by atoms with Crippen LogP contribution in [-0.4, -0.2) is 20.7 Å². The molecule has 1 aliphatic rings. The summed E-state index contributed by atoms with van der Waals surface area (Å²) in [6.45, 7) is 0. The van der Waals surface area contributed by atoms with Gasteiger partial charge in [0, 0.05) is 17.8 Å². The number of primary amides is 1. The number of rotatable bonds is 2. The fourth-order valence-electron chi connectivity index (χ4n) is 1.71. The lowest BCUT2D eigenvalue weighted by molar-refractivity contribution is 0.209. The Morgan fingerprint density at radius 2 is 2.38 bits per heavy atom. The van der Waals surface area contributed by atoms with Gasteiger partial charge in [-0.3, -0.25) is 0 Å². The lowest BCUT2D eigenvalue weighted by atomic mass is 10.2. The highest BCUT2D eigenvalue weighted by Crippen LogP contribution is 2.41. The van der Waals surface area contributed by atoms with Gasteiger partial charge < -0.3 is 10.5 Å². The van der Waals surface area contributed by atoms with Gasteiger partial charge in [-0.25, -0.2) is 9.31 Å². The summed E-state index contributed by atoms with van der Waals surface area (Å²) in [5.74, 6) is 0.760. The van der Waals surface area contributed by atoms with E-state index in [1.807, 2.05) is 6.20 Å². The van der Waals surface area contributed by atoms with Gasteiger partial charge in [0.2, 0.25) is 5.88 Å². The highest BCUT2D eigenvalue weighted by Gasteiger charge is 2.27. The summed E-state index contributed by atoms with van der Waals surface area (Å²) in [7, 11) is 0. The van der Waals surface area contributed by atoms with Crippen molar-refractivity contribution < 1.29 is 9.53 Å². The van der Waals surface area contributed by atoms with E-state index in [0.29, 0.717) is 5.92 Å². The van der Waals surface area contributed by atoms with E-state index in [2.05, 4.69) is 10.1 Å². The second-order valence-electron chi connectivity index (χ2n) is 3.83. The van der Waals surface area contributed by atoms with Crippen LogP contribution in [0.15, 0.2) is 18.5 Å². The Bertz CT molecular complexity index is 559. The first-order chi connectivity index (χ1) is 7.74. The number of amides is 1. The van der Waals surface area contributed by atoms with Crippen molar-refractivity contribution in [1.29, 1.82) is 0 Å². The predicted molar refractivity (Wildman–Crippen MR) is 55.2 cm³/mol. The van der Waals surface area contributed by atoms with Crippen molar-refractivity contribution in [2.24, 2.45) is 5.73 Å². The minimum atomic E-state index is -0.857. The van der Waals surface area contributed by atoms with Gasteiger partial charge in [-0.15, -0.1) is 0 Å². The van der Waals surface area contributed by atoms with Gasteiger partial charge in [0.1, 0.15) is 0 Å². The highest BCUT2D eigenvalue weighted by molar-refractivity contribution is 5.67. The molecule has 1 saturated carbocycles. The molecule has 0 spiro atoms. The van der Waals surface area contributed by atoms with Gasteiger partial charge >= 0.3 is 6.09 Å². The predicted octanol–water partition coefficient (Wildman–Crippen LogP) is 1.06. The Morgan fingerprint density at radius 3 is 3.06 bits per heavy atom. The Balaban J connectivity index is 2.06.